The number of carbonyl (C=O) groups is 1. The number of thioether (sulfide) groups is 1. The van der Waals surface area contributed by atoms with Gasteiger partial charge in [0.1, 0.15) is 0 Å². The van der Waals surface area contributed by atoms with Crippen molar-refractivity contribution in [2.45, 2.75) is 5.25 Å². The molecule has 1 aliphatic heterocycles. The van der Waals surface area contributed by atoms with Crippen molar-refractivity contribution in [3.05, 3.63) is 78.4 Å². The molecule has 0 radical (unpaired) electrons. The SMILES string of the molecule is NC1=C(c2cccc(I)c2)C(=O)C(c2cccc([N+](=O)[O-])c2)S1. The minimum Gasteiger partial charge on any atom is -0.393 e. The van der Waals surface area contributed by atoms with Crippen molar-refractivity contribution < 1.29 is 9.72 Å². The van der Waals surface area contributed by atoms with E-state index < -0.39 is 10.2 Å². The number of nitrogens with two attached hydrogens (primary N) is 1. The summed E-state index contributed by atoms with van der Waals surface area (Å²) in [6.07, 6.45) is 0. The summed E-state index contributed by atoms with van der Waals surface area (Å²) in [6.45, 7) is 0. The molecule has 0 saturated carbocycles. The largest absolute Gasteiger partial charge is 0.393 e. The molecule has 0 saturated heterocycles. The van der Waals surface area contributed by atoms with Crippen molar-refractivity contribution in [2.24, 2.45) is 5.73 Å². The minimum atomic E-state index is -0.539. The number of hydrogen-bond donors (Lipinski definition) is 1. The number of benzene rings is 2. The highest BCUT2D eigenvalue weighted by Gasteiger charge is 2.35. The molecular weight excluding hydrogens is 427 g/mol. The van der Waals surface area contributed by atoms with Crippen LogP contribution >= 0.6 is 34.4 Å². The van der Waals surface area contributed by atoms with Crippen LogP contribution in [0.3, 0.4) is 0 Å². The third-order valence-electron chi connectivity index (χ3n) is 3.47. The lowest BCUT2D eigenvalue weighted by molar-refractivity contribution is -0.384. The molecule has 3 rings (SSSR count). The van der Waals surface area contributed by atoms with Crippen molar-refractivity contribution in [2.75, 3.05) is 0 Å². The number of Topliss-reactive ketones (excluding diaryl/α,β-unsaturated/α-hetero) is 1. The van der Waals surface area contributed by atoms with Crippen molar-refractivity contribution >= 4 is 51.4 Å². The van der Waals surface area contributed by atoms with Crippen LogP contribution < -0.4 is 5.73 Å². The summed E-state index contributed by atoms with van der Waals surface area (Å²) in [5.74, 6) is -0.116. The van der Waals surface area contributed by atoms with E-state index in [0.717, 1.165) is 9.13 Å². The highest BCUT2D eigenvalue weighted by atomic mass is 127. The highest BCUT2D eigenvalue weighted by Crippen LogP contribution is 2.46. The molecule has 7 heteroatoms. The predicted molar refractivity (Wildman–Crippen MR) is 98.7 cm³/mol. The van der Waals surface area contributed by atoms with Gasteiger partial charge in [0.15, 0.2) is 5.78 Å². The van der Waals surface area contributed by atoms with Crippen LogP contribution in [0.5, 0.6) is 0 Å². The molecule has 2 N–H and O–H groups in total. The molecule has 1 aliphatic rings. The molecule has 2 aromatic rings. The van der Waals surface area contributed by atoms with E-state index in [4.69, 9.17) is 5.73 Å². The minimum absolute atomic E-state index is 0.0304. The van der Waals surface area contributed by atoms with Crippen LogP contribution in [0.4, 0.5) is 5.69 Å². The number of nitro groups is 1. The Bertz CT molecular complexity index is 851. The van der Waals surface area contributed by atoms with Crippen molar-refractivity contribution in [1.82, 2.24) is 0 Å². The Hall–Kier alpha value is -1.87. The predicted octanol–water partition coefficient (Wildman–Crippen LogP) is 3.88. The first-order valence-corrected chi connectivity index (χ1v) is 8.64. The van der Waals surface area contributed by atoms with Gasteiger partial charge in [0.2, 0.25) is 0 Å². The average Bonchev–Trinajstić information content (AvgIpc) is 2.82. The fourth-order valence-corrected chi connectivity index (χ4v) is 4.08. The number of hydrogen-bond acceptors (Lipinski definition) is 5. The average molecular weight is 438 g/mol. The second kappa shape index (κ2) is 6.32. The number of non-ortho nitro benzene ring substituents is 1. The lowest BCUT2D eigenvalue weighted by atomic mass is 9.97. The van der Waals surface area contributed by atoms with Crippen LogP contribution in [0.25, 0.3) is 5.57 Å². The monoisotopic (exact) mass is 438 g/mol. The maximum atomic E-state index is 12.8. The fraction of sp³-hybridized carbons (Fsp3) is 0.0625. The molecule has 0 aromatic heterocycles. The molecule has 1 unspecified atom stereocenters. The van der Waals surface area contributed by atoms with E-state index in [9.17, 15) is 14.9 Å². The third kappa shape index (κ3) is 3.11. The number of ketones is 1. The molecule has 0 spiro atoms. The molecule has 1 atom stereocenters. The van der Waals surface area contributed by atoms with E-state index in [1.165, 1.54) is 23.9 Å². The molecule has 0 fully saturated rings. The second-order valence-corrected chi connectivity index (χ2v) is 7.36. The molecule has 0 amide bonds. The van der Waals surface area contributed by atoms with Gasteiger partial charge in [-0.05, 0) is 45.9 Å². The topological polar surface area (TPSA) is 86.2 Å². The Labute approximate surface area is 150 Å². The Kier molecular flexibility index (Phi) is 4.40. The Balaban J connectivity index is 1.97. The number of nitrogens with zero attached hydrogens (tertiary/aromatic N) is 1. The number of halogens is 1. The lowest BCUT2D eigenvalue weighted by Crippen LogP contribution is -2.07. The molecule has 116 valence electrons. The summed E-state index contributed by atoms with van der Waals surface area (Å²) in [5, 5.41) is 10.8. The van der Waals surface area contributed by atoms with E-state index in [1.54, 1.807) is 12.1 Å². The first-order valence-electron chi connectivity index (χ1n) is 6.68. The molecule has 5 nitrogen and oxygen atoms in total. The van der Waals surface area contributed by atoms with Gasteiger partial charge in [0, 0.05) is 15.7 Å². The first-order chi connectivity index (χ1) is 11.0. The summed E-state index contributed by atoms with van der Waals surface area (Å²) in [6, 6.07) is 13.7. The molecule has 1 heterocycles. The zero-order valence-corrected chi connectivity index (χ0v) is 14.7. The van der Waals surface area contributed by atoms with Gasteiger partial charge < -0.3 is 5.73 Å². The maximum Gasteiger partial charge on any atom is 0.269 e. The summed E-state index contributed by atoms with van der Waals surface area (Å²) in [5.41, 5.74) is 7.90. The lowest BCUT2D eigenvalue weighted by Gasteiger charge is -2.09. The van der Waals surface area contributed by atoms with Gasteiger partial charge >= 0.3 is 0 Å². The van der Waals surface area contributed by atoms with Gasteiger partial charge in [-0.25, -0.2) is 0 Å². The fourth-order valence-electron chi connectivity index (χ4n) is 2.44. The summed E-state index contributed by atoms with van der Waals surface area (Å²) in [7, 11) is 0. The first kappa shape index (κ1) is 16.0. The maximum absolute atomic E-state index is 12.8. The highest BCUT2D eigenvalue weighted by molar-refractivity contribution is 14.1. The van der Waals surface area contributed by atoms with Crippen molar-refractivity contribution in [3.8, 4) is 0 Å². The quantitative estimate of drug-likeness (QED) is 0.447. The normalized spacial score (nSPS) is 17.6. The van der Waals surface area contributed by atoms with Crippen LogP contribution in [0.1, 0.15) is 16.4 Å². The van der Waals surface area contributed by atoms with Crippen LogP contribution in [-0.4, -0.2) is 10.7 Å². The van der Waals surface area contributed by atoms with Gasteiger partial charge in [0.05, 0.1) is 20.8 Å². The van der Waals surface area contributed by atoms with Crippen molar-refractivity contribution in [3.63, 3.8) is 0 Å². The summed E-state index contributed by atoms with van der Waals surface area (Å²) < 4.78 is 1.01. The van der Waals surface area contributed by atoms with Gasteiger partial charge in [-0.15, -0.1) is 0 Å². The van der Waals surface area contributed by atoms with E-state index in [1.807, 2.05) is 24.3 Å². The number of carbonyl (C=O) groups excluding carboxylic acids is 1. The van der Waals surface area contributed by atoms with E-state index in [-0.39, 0.29) is 11.5 Å². The summed E-state index contributed by atoms with van der Waals surface area (Å²) >= 11 is 3.42. The Morgan fingerprint density at radius 1 is 1.17 bits per heavy atom. The molecule has 0 aliphatic carbocycles. The van der Waals surface area contributed by atoms with Crippen LogP contribution in [0.2, 0.25) is 0 Å². The van der Waals surface area contributed by atoms with E-state index >= 15 is 0 Å². The van der Waals surface area contributed by atoms with E-state index in [0.29, 0.717) is 16.2 Å². The molecule has 2 aromatic carbocycles. The zero-order valence-electron chi connectivity index (χ0n) is 11.7. The Morgan fingerprint density at radius 3 is 2.61 bits per heavy atom. The molecule has 0 bridgehead atoms. The number of nitro benzene ring substituents is 1. The standard InChI is InChI=1S/C16H11IN2O3S/c17-11-5-1-3-9(7-11)13-14(20)15(23-16(13)18)10-4-2-6-12(8-10)19(21)22/h1-8,15H,18H2. The van der Waals surface area contributed by atoms with Gasteiger partial charge in [-0.2, -0.15) is 0 Å². The zero-order chi connectivity index (χ0) is 16.6. The van der Waals surface area contributed by atoms with Crippen molar-refractivity contribution in [1.29, 1.82) is 0 Å². The number of allylic oxidation sites excluding steroid dienone is 1. The number of rotatable bonds is 3. The molecule has 23 heavy (non-hydrogen) atoms. The molecular formula is C16H11IN2O3S. The third-order valence-corrected chi connectivity index (χ3v) is 5.32. The van der Waals surface area contributed by atoms with Crippen LogP contribution in [0, 0.1) is 13.7 Å². The van der Waals surface area contributed by atoms with E-state index in [2.05, 4.69) is 22.6 Å². The van der Waals surface area contributed by atoms with Crippen LogP contribution in [0.15, 0.2) is 53.6 Å². The smallest absolute Gasteiger partial charge is 0.269 e. The second-order valence-electron chi connectivity index (χ2n) is 4.96. The summed E-state index contributed by atoms with van der Waals surface area (Å²) in [4.78, 5) is 23.2. The Morgan fingerprint density at radius 2 is 1.91 bits per heavy atom. The van der Waals surface area contributed by atoms with Gasteiger partial charge in [-0.3, -0.25) is 14.9 Å². The van der Waals surface area contributed by atoms with Crippen LogP contribution in [-0.2, 0) is 4.79 Å². The van der Waals surface area contributed by atoms with Gasteiger partial charge in [-0.1, -0.05) is 36.0 Å². The van der Waals surface area contributed by atoms with Gasteiger partial charge in [0.25, 0.3) is 5.69 Å².